The quantitative estimate of drug-likeness (QED) is 0.339. The van der Waals surface area contributed by atoms with Gasteiger partial charge in [-0.05, 0) is 71.5 Å². The van der Waals surface area contributed by atoms with Gasteiger partial charge in [-0.15, -0.1) is 0 Å². The first-order valence-electron chi connectivity index (χ1n) is 13.4. The van der Waals surface area contributed by atoms with Crippen molar-refractivity contribution >= 4 is 16.7 Å². The second-order valence-corrected chi connectivity index (χ2v) is 12.0. The van der Waals surface area contributed by atoms with Gasteiger partial charge in [0, 0.05) is 29.5 Å². The monoisotopic (exact) mass is 587 g/mol. The molecule has 218 valence electrons. The molecule has 3 aromatic carbocycles. The Kier molecular flexibility index (Phi) is 8.31. The lowest BCUT2D eigenvalue weighted by molar-refractivity contribution is -0.188. The fourth-order valence-electron chi connectivity index (χ4n) is 5.66. The fourth-order valence-corrected chi connectivity index (χ4v) is 7.00. The molecule has 1 amide bonds. The van der Waals surface area contributed by atoms with E-state index >= 15 is 0 Å². The minimum Gasteiger partial charge on any atom is -0.493 e. The first-order chi connectivity index (χ1) is 19.6. The number of halogens is 3. The van der Waals surface area contributed by atoms with Crippen molar-refractivity contribution in [3.05, 3.63) is 82.9 Å². The number of alkyl halides is 3. The SMILES string of the molecule is COc1ccc(CC2c3cc4c(cc3CCN2C(=O)C(F)(F)F)OC(C(C)CS(=O)c2ccccc2)C4)cc1OC. The van der Waals surface area contributed by atoms with E-state index in [9.17, 15) is 22.2 Å². The Hall–Kier alpha value is -3.53. The van der Waals surface area contributed by atoms with E-state index in [0.717, 1.165) is 20.9 Å². The second-order valence-electron chi connectivity index (χ2n) is 10.5. The fraction of sp³-hybridized carbons (Fsp3) is 0.387. The van der Waals surface area contributed by atoms with Crippen LogP contribution in [-0.2, 0) is 34.9 Å². The third kappa shape index (κ3) is 6.07. The predicted molar refractivity (Wildman–Crippen MR) is 149 cm³/mol. The van der Waals surface area contributed by atoms with Gasteiger partial charge in [0.25, 0.3) is 0 Å². The zero-order valence-electron chi connectivity index (χ0n) is 23.1. The van der Waals surface area contributed by atoms with Crippen LogP contribution in [-0.4, -0.2) is 53.8 Å². The molecule has 0 aliphatic carbocycles. The average molecular weight is 588 g/mol. The Balaban J connectivity index is 1.42. The van der Waals surface area contributed by atoms with Crippen LogP contribution in [0.5, 0.6) is 17.2 Å². The molecule has 6 nitrogen and oxygen atoms in total. The van der Waals surface area contributed by atoms with E-state index in [0.29, 0.717) is 40.5 Å². The second kappa shape index (κ2) is 11.8. The molecule has 2 aliphatic rings. The van der Waals surface area contributed by atoms with Crippen LogP contribution < -0.4 is 14.2 Å². The van der Waals surface area contributed by atoms with E-state index in [1.807, 2.05) is 49.4 Å². The summed E-state index contributed by atoms with van der Waals surface area (Å²) in [6, 6.07) is 17.5. The van der Waals surface area contributed by atoms with Gasteiger partial charge in [-0.3, -0.25) is 9.00 Å². The number of methoxy groups -OCH3 is 2. The highest BCUT2D eigenvalue weighted by atomic mass is 32.2. The molecule has 0 saturated carbocycles. The van der Waals surface area contributed by atoms with Crippen LogP contribution in [0.25, 0.3) is 0 Å². The molecule has 0 bridgehead atoms. The number of carbonyl (C=O) groups is 1. The van der Waals surface area contributed by atoms with E-state index in [-0.39, 0.29) is 31.4 Å². The summed E-state index contributed by atoms with van der Waals surface area (Å²) in [7, 11) is 1.82. The number of hydrogen-bond donors (Lipinski definition) is 0. The minimum absolute atomic E-state index is 0.0219. The Morgan fingerprint density at radius 3 is 2.46 bits per heavy atom. The van der Waals surface area contributed by atoms with E-state index in [1.165, 1.54) is 14.2 Å². The lowest BCUT2D eigenvalue weighted by Crippen LogP contribution is -2.47. The topological polar surface area (TPSA) is 65.1 Å². The molecule has 0 spiro atoms. The summed E-state index contributed by atoms with van der Waals surface area (Å²) in [6.07, 6.45) is -4.19. The maximum Gasteiger partial charge on any atom is 0.471 e. The first kappa shape index (κ1) is 29.0. The van der Waals surface area contributed by atoms with Crippen LogP contribution in [0.2, 0.25) is 0 Å². The molecular weight excluding hydrogens is 555 g/mol. The van der Waals surface area contributed by atoms with Gasteiger partial charge in [0.05, 0.1) is 31.1 Å². The minimum atomic E-state index is -4.98. The molecule has 3 aromatic rings. The number of rotatable bonds is 8. The van der Waals surface area contributed by atoms with Crippen molar-refractivity contribution in [2.45, 2.75) is 49.4 Å². The summed E-state index contributed by atoms with van der Waals surface area (Å²) in [4.78, 5) is 14.2. The highest BCUT2D eigenvalue weighted by Gasteiger charge is 2.46. The van der Waals surface area contributed by atoms with Gasteiger partial charge in [-0.2, -0.15) is 13.2 Å². The molecule has 41 heavy (non-hydrogen) atoms. The van der Waals surface area contributed by atoms with E-state index in [2.05, 4.69) is 0 Å². The molecule has 10 heteroatoms. The number of fused-ring (bicyclic) bond motifs is 2. The number of carbonyl (C=O) groups excluding carboxylic acids is 1. The van der Waals surface area contributed by atoms with Gasteiger partial charge in [0.1, 0.15) is 11.9 Å². The maximum atomic E-state index is 13.7. The molecule has 0 N–H and O–H groups in total. The van der Waals surface area contributed by atoms with Crippen LogP contribution in [0.4, 0.5) is 13.2 Å². The molecule has 5 rings (SSSR count). The largest absolute Gasteiger partial charge is 0.493 e. The Morgan fingerprint density at radius 1 is 1.05 bits per heavy atom. The number of benzene rings is 3. The van der Waals surface area contributed by atoms with Gasteiger partial charge in [-0.1, -0.05) is 31.2 Å². The van der Waals surface area contributed by atoms with Gasteiger partial charge in [0.15, 0.2) is 11.5 Å². The zero-order chi connectivity index (χ0) is 29.3. The Labute approximate surface area is 239 Å². The van der Waals surface area contributed by atoms with Crippen molar-refractivity contribution in [2.75, 3.05) is 26.5 Å². The molecule has 4 unspecified atom stereocenters. The lowest BCUT2D eigenvalue weighted by atomic mass is 9.86. The van der Waals surface area contributed by atoms with E-state index in [1.54, 1.807) is 18.2 Å². The first-order valence-corrected chi connectivity index (χ1v) is 14.8. The van der Waals surface area contributed by atoms with Gasteiger partial charge in [-0.25, -0.2) is 0 Å². The van der Waals surface area contributed by atoms with Gasteiger partial charge in [0.2, 0.25) is 0 Å². The summed E-state index contributed by atoms with van der Waals surface area (Å²) in [5, 5.41) is 0. The van der Waals surface area contributed by atoms with Crippen LogP contribution in [0.1, 0.15) is 35.2 Å². The number of amides is 1. The van der Waals surface area contributed by atoms with Gasteiger partial charge >= 0.3 is 12.1 Å². The number of hydrogen-bond acceptors (Lipinski definition) is 5. The molecular formula is C31H32F3NO5S. The van der Waals surface area contributed by atoms with E-state index < -0.39 is 28.9 Å². The zero-order valence-corrected chi connectivity index (χ0v) is 23.9. The van der Waals surface area contributed by atoms with Crippen LogP contribution in [0.15, 0.2) is 65.6 Å². The molecule has 0 radical (unpaired) electrons. The van der Waals surface area contributed by atoms with E-state index in [4.69, 9.17) is 14.2 Å². The molecule has 0 saturated heterocycles. The molecule has 0 aromatic heterocycles. The predicted octanol–water partition coefficient (Wildman–Crippen LogP) is 5.68. The lowest BCUT2D eigenvalue weighted by Gasteiger charge is -2.38. The van der Waals surface area contributed by atoms with Crippen molar-refractivity contribution in [3.8, 4) is 17.2 Å². The van der Waals surface area contributed by atoms with Gasteiger partial charge < -0.3 is 19.1 Å². The smallest absolute Gasteiger partial charge is 0.471 e. The summed E-state index contributed by atoms with van der Waals surface area (Å²) < 4.78 is 70.8. The highest BCUT2D eigenvalue weighted by Crippen LogP contribution is 2.42. The Bertz CT molecular complexity index is 1450. The van der Waals surface area contributed by atoms with Crippen molar-refractivity contribution in [1.82, 2.24) is 4.90 Å². The summed E-state index contributed by atoms with van der Waals surface area (Å²) in [6.45, 7) is 1.94. The average Bonchev–Trinajstić information content (AvgIpc) is 3.39. The summed E-state index contributed by atoms with van der Waals surface area (Å²) in [5.74, 6) is 0.227. The molecule has 2 heterocycles. The third-order valence-electron chi connectivity index (χ3n) is 7.81. The number of nitrogens with zero attached hydrogens (tertiary/aromatic N) is 1. The summed E-state index contributed by atoms with van der Waals surface area (Å²) in [5.41, 5.74) is 3.14. The number of ether oxygens (including phenoxy) is 3. The molecule has 4 atom stereocenters. The van der Waals surface area contributed by atoms with Crippen molar-refractivity contribution < 1.29 is 36.4 Å². The normalized spacial score (nSPS) is 19.5. The molecule has 2 aliphatic heterocycles. The Morgan fingerprint density at radius 2 is 1.78 bits per heavy atom. The van der Waals surface area contributed by atoms with Crippen molar-refractivity contribution in [2.24, 2.45) is 5.92 Å². The van der Waals surface area contributed by atoms with Crippen molar-refractivity contribution in [3.63, 3.8) is 0 Å². The maximum absolute atomic E-state index is 13.7. The standard InChI is InChI=1S/C31H32F3NO5S/c1-19(18-41(37)23-7-5-4-6-8-23)27-17-22-15-24-21(16-28(22)40-27)11-12-35(30(36)31(32,33)34)25(24)13-20-9-10-26(38-2)29(14-20)39-3/h4-10,14-16,19,25,27H,11-13,17-18H2,1-3H3. The van der Waals surface area contributed by atoms with Crippen molar-refractivity contribution in [1.29, 1.82) is 0 Å². The molecule has 0 fully saturated rings. The van der Waals surface area contributed by atoms with Crippen LogP contribution in [0, 0.1) is 5.92 Å². The third-order valence-corrected chi connectivity index (χ3v) is 9.44. The summed E-state index contributed by atoms with van der Waals surface area (Å²) >= 11 is 0. The van der Waals surface area contributed by atoms with Crippen LogP contribution >= 0.6 is 0 Å². The van der Waals surface area contributed by atoms with Crippen LogP contribution in [0.3, 0.4) is 0 Å². The highest BCUT2D eigenvalue weighted by molar-refractivity contribution is 7.85.